The van der Waals surface area contributed by atoms with E-state index in [4.69, 9.17) is 9.72 Å². The molecule has 0 atom stereocenters. The van der Waals surface area contributed by atoms with Crippen molar-refractivity contribution in [1.82, 2.24) is 34.9 Å². The van der Waals surface area contributed by atoms with E-state index >= 15 is 0 Å². The molecule has 4 heterocycles. The van der Waals surface area contributed by atoms with Gasteiger partial charge in [0.15, 0.2) is 5.65 Å². The maximum absolute atomic E-state index is 5.20. The largest absolute Gasteiger partial charge is 0.497 e. The Hall–Kier alpha value is -3.81. The first-order valence-electron chi connectivity index (χ1n) is 8.43. The van der Waals surface area contributed by atoms with Gasteiger partial charge in [-0.15, -0.1) is 5.10 Å². The fraction of sp³-hybridized carbons (Fsp3) is 0.105. The van der Waals surface area contributed by atoms with Gasteiger partial charge in [-0.05, 0) is 42.5 Å². The van der Waals surface area contributed by atoms with Crippen LogP contribution in [0.4, 0.5) is 0 Å². The average Bonchev–Trinajstić information content (AvgIpc) is 3.31. The van der Waals surface area contributed by atoms with Crippen molar-refractivity contribution in [3.63, 3.8) is 0 Å². The molecule has 0 radical (unpaired) electrons. The SMILES string of the molecule is COc1ccc(-c2cnc3nnn(Cc4cc5ncccc5[nH]4)c3n2)cc1. The number of hydrogen-bond donors (Lipinski definition) is 1. The van der Waals surface area contributed by atoms with Crippen molar-refractivity contribution in [3.8, 4) is 17.0 Å². The minimum Gasteiger partial charge on any atom is -0.497 e. The molecule has 0 aliphatic rings. The number of ether oxygens (including phenoxy) is 1. The Morgan fingerprint density at radius 3 is 2.81 bits per heavy atom. The van der Waals surface area contributed by atoms with E-state index in [0.717, 1.165) is 33.7 Å². The molecule has 0 saturated carbocycles. The molecule has 0 saturated heterocycles. The van der Waals surface area contributed by atoms with E-state index in [1.807, 2.05) is 42.5 Å². The van der Waals surface area contributed by atoms with Gasteiger partial charge >= 0.3 is 0 Å². The second-order valence-electron chi connectivity index (χ2n) is 6.11. The summed E-state index contributed by atoms with van der Waals surface area (Å²) in [7, 11) is 1.64. The number of H-pyrrole nitrogens is 1. The van der Waals surface area contributed by atoms with Gasteiger partial charge in [0.25, 0.3) is 0 Å². The van der Waals surface area contributed by atoms with Crippen molar-refractivity contribution in [2.75, 3.05) is 7.11 Å². The van der Waals surface area contributed by atoms with Crippen molar-refractivity contribution < 1.29 is 4.74 Å². The lowest BCUT2D eigenvalue weighted by Crippen LogP contribution is -2.03. The lowest BCUT2D eigenvalue weighted by atomic mass is 10.1. The molecule has 1 N–H and O–H groups in total. The molecule has 0 fully saturated rings. The minimum atomic E-state index is 0.508. The van der Waals surface area contributed by atoms with Crippen molar-refractivity contribution >= 4 is 22.3 Å². The van der Waals surface area contributed by atoms with E-state index < -0.39 is 0 Å². The van der Waals surface area contributed by atoms with Gasteiger partial charge in [0.2, 0.25) is 5.65 Å². The zero-order valence-corrected chi connectivity index (χ0v) is 14.5. The molecular weight excluding hydrogens is 342 g/mol. The number of rotatable bonds is 4. The van der Waals surface area contributed by atoms with Gasteiger partial charge in [-0.3, -0.25) is 4.98 Å². The maximum Gasteiger partial charge on any atom is 0.221 e. The predicted octanol–water partition coefficient (Wildman–Crippen LogP) is 2.82. The first-order valence-corrected chi connectivity index (χ1v) is 8.43. The maximum atomic E-state index is 5.20. The molecule has 5 rings (SSSR count). The van der Waals surface area contributed by atoms with Gasteiger partial charge in [-0.1, -0.05) is 5.21 Å². The van der Waals surface area contributed by atoms with E-state index in [-0.39, 0.29) is 0 Å². The summed E-state index contributed by atoms with van der Waals surface area (Å²) in [6.45, 7) is 0.508. The third kappa shape index (κ3) is 2.77. The van der Waals surface area contributed by atoms with Crippen LogP contribution < -0.4 is 4.74 Å². The first kappa shape index (κ1) is 15.4. The number of aromatic amines is 1. The van der Waals surface area contributed by atoms with Crippen LogP contribution >= 0.6 is 0 Å². The Kier molecular flexibility index (Phi) is 3.53. The summed E-state index contributed by atoms with van der Waals surface area (Å²) in [6, 6.07) is 13.6. The molecule has 1 aromatic carbocycles. The fourth-order valence-electron chi connectivity index (χ4n) is 3.02. The van der Waals surface area contributed by atoms with E-state index in [0.29, 0.717) is 17.8 Å². The molecule has 0 aliphatic carbocycles. The number of benzene rings is 1. The van der Waals surface area contributed by atoms with Crippen LogP contribution in [0.25, 0.3) is 33.6 Å². The molecule has 4 aromatic heterocycles. The third-order valence-corrected chi connectivity index (χ3v) is 4.38. The molecule has 27 heavy (non-hydrogen) atoms. The summed E-state index contributed by atoms with van der Waals surface area (Å²) in [5, 5.41) is 8.32. The summed E-state index contributed by atoms with van der Waals surface area (Å²) in [5.74, 6) is 0.798. The normalized spacial score (nSPS) is 11.3. The lowest BCUT2D eigenvalue weighted by molar-refractivity contribution is 0.415. The van der Waals surface area contributed by atoms with Crippen molar-refractivity contribution in [2.24, 2.45) is 0 Å². The minimum absolute atomic E-state index is 0.508. The molecule has 0 bridgehead atoms. The molecule has 5 aromatic rings. The topological polar surface area (TPSA) is 94.4 Å². The Bertz CT molecular complexity index is 1210. The van der Waals surface area contributed by atoms with Crippen LogP contribution in [0.1, 0.15) is 5.69 Å². The smallest absolute Gasteiger partial charge is 0.221 e. The van der Waals surface area contributed by atoms with E-state index in [2.05, 4.69) is 25.3 Å². The van der Waals surface area contributed by atoms with Crippen LogP contribution in [-0.4, -0.2) is 42.0 Å². The molecule has 0 unspecified atom stereocenters. The van der Waals surface area contributed by atoms with Crippen LogP contribution in [0.15, 0.2) is 54.9 Å². The highest BCUT2D eigenvalue weighted by atomic mass is 16.5. The Morgan fingerprint density at radius 1 is 1.11 bits per heavy atom. The van der Waals surface area contributed by atoms with Crippen LogP contribution in [-0.2, 0) is 6.54 Å². The number of methoxy groups -OCH3 is 1. The van der Waals surface area contributed by atoms with Gasteiger partial charge in [0.05, 0.1) is 36.6 Å². The zero-order valence-electron chi connectivity index (χ0n) is 14.5. The molecule has 0 aliphatic heterocycles. The van der Waals surface area contributed by atoms with Crippen LogP contribution in [0.2, 0.25) is 0 Å². The lowest BCUT2D eigenvalue weighted by Gasteiger charge is -2.04. The number of fused-ring (bicyclic) bond motifs is 2. The highest BCUT2D eigenvalue weighted by molar-refractivity contribution is 5.76. The molecule has 0 amide bonds. The van der Waals surface area contributed by atoms with Gasteiger partial charge < -0.3 is 9.72 Å². The molecule has 8 heteroatoms. The molecular formula is C19H15N7O. The van der Waals surface area contributed by atoms with Gasteiger partial charge in [-0.2, -0.15) is 0 Å². The second-order valence-corrected chi connectivity index (χ2v) is 6.11. The summed E-state index contributed by atoms with van der Waals surface area (Å²) in [5.41, 5.74) is 5.74. The van der Waals surface area contributed by atoms with Gasteiger partial charge in [0, 0.05) is 17.5 Å². The summed E-state index contributed by atoms with van der Waals surface area (Å²) in [6.07, 6.45) is 3.48. The number of pyridine rings is 1. The highest BCUT2D eigenvalue weighted by Crippen LogP contribution is 2.22. The van der Waals surface area contributed by atoms with Crippen LogP contribution in [0, 0.1) is 0 Å². The highest BCUT2D eigenvalue weighted by Gasteiger charge is 2.12. The fourth-order valence-corrected chi connectivity index (χ4v) is 3.02. The van der Waals surface area contributed by atoms with E-state index in [1.54, 1.807) is 24.2 Å². The van der Waals surface area contributed by atoms with E-state index in [9.17, 15) is 0 Å². The quantitative estimate of drug-likeness (QED) is 0.531. The number of hydrogen-bond acceptors (Lipinski definition) is 6. The van der Waals surface area contributed by atoms with Crippen LogP contribution in [0.3, 0.4) is 0 Å². The predicted molar refractivity (Wildman–Crippen MR) is 100 cm³/mol. The van der Waals surface area contributed by atoms with Gasteiger partial charge in [0.1, 0.15) is 5.75 Å². The summed E-state index contributed by atoms with van der Waals surface area (Å²) in [4.78, 5) is 16.8. The molecule has 8 nitrogen and oxygen atoms in total. The van der Waals surface area contributed by atoms with Crippen LogP contribution in [0.5, 0.6) is 5.75 Å². The number of nitrogens with one attached hydrogen (secondary N) is 1. The first-order chi connectivity index (χ1) is 13.3. The van der Waals surface area contributed by atoms with Gasteiger partial charge in [-0.25, -0.2) is 14.6 Å². The second kappa shape index (κ2) is 6.17. The summed E-state index contributed by atoms with van der Waals surface area (Å²) < 4.78 is 6.94. The standard InChI is InChI=1S/C19H15N7O/c1-27-14-6-4-12(5-7-14)17-10-21-18-19(23-17)26(25-24-18)11-13-9-16-15(22-13)3-2-8-20-16/h2-10,22H,11H2,1H3. The Balaban J connectivity index is 1.52. The van der Waals surface area contributed by atoms with Crippen molar-refractivity contribution in [2.45, 2.75) is 6.54 Å². The monoisotopic (exact) mass is 357 g/mol. The van der Waals surface area contributed by atoms with E-state index in [1.165, 1.54) is 0 Å². The number of nitrogens with zero attached hydrogens (tertiary/aromatic N) is 6. The molecule has 132 valence electrons. The number of aromatic nitrogens is 7. The molecule has 0 spiro atoms. The zero-order chi connectivity index (χ0) is 18.2. The van der Waals surface area contributed by atoms with Crippen molar-refractivity contribution in [3.05, 3.63) is 60.6 Å². The Morgan fingerprint density at radius 2 is 2.00 bits per heavy atom. The van der Waals surface area contributed by atoms with Crippen molar-refractivity contribution in [1.29, 1.82) is 0 Å². The third-order valence-electron chi connectivity index (χ3n) is 4.38. The summed E-state index contributed by atoms with van der Waals surface area (Å²) >= 11 is 0. The Labute approximate surface area is 153 Å². The average molecular weight is 357 g/mol.